The van der Waals surface area contributed by atoms with E-state index < -0.39 is 156 Å². The van der Waals surface area contributed by atoms with Crippen molar-refractivity contribution < 1.29 is 117 Å². The topological polar surface area (TPSA) is 374 Å². The van der Waals surface area contributed by atoms with Gasteiger partial charge in [-0.05, 0) is 51.4 Å². The Labute approximate surface area is 566 Å². The zero-order valence-corrected chi connectivity index (χ0v) is 58.3. The number of unbranched alkanes of at least 4 members (excludes halogenated alkanes) is 31. The standard InChI is InChI=1S/C70H125O24P/c1-4-7-10-13-16-19-22-25-26-28-31-34-37-40-43-46-56(74)89-51(48-86-54(72)44-41-38-35-33-30-27-23-20-17-14-11-8-5-2)49-88-95(84,85)94-68-66(92-69-64(82)59(77)57(75)52(47-71)90-69)62(80)61(79)63(81)67(68)93-70-65(83)60(78)58(76)53(91-70)50-87-55(73)45-42-39-36-32-29-24-21-18-15-12-9-6-3/h27,30,37,40,43,46,51-53,57-71,75-83H,4-26,28-29,31-36,38-39,41-42,44-45,47-50H2,1-3H3,(H,84,85)/b30-27-,40-37+,46-43+. The maximum absolute atomic E-state index is 14.3. The number of allylic oxidation sites excluding steroid dienone is 5. The Kier molecular flexibility index (Phi) is 47.5. The summed E-state index contributed by atoms with van der Waals surface area (Å²) in [6.45, 7) is 3.28. The number of esters is 3. The van der Waals surface area contributed by atoms with Crippen molar-refractivity contribution in [3.05, 3.63) is 36.5 Å². The van der Waals surface area contributed by atoms with E-state index in [1.165, 1.54) is 128 Å². The van der Waals surface area contributed by atoms with Crippen molar-refractivity contribution in [1.82, 2.24) is 0 Å². The Morgan fingerprint density at radius 1 is 0.432 bits per heavy atom. The van der Waals surface area contributed by atoms with Gasteiger partial charge in [-0.15, -0.1) is 0 Å². The van der Waals surface area contributed by atoms with Crippen molar-refractivity contribution >= 4 is 25.7 Å². The highest BCUT2D eigenvalue weighted by Crippen LogP contribution is 2.49. The molecule has 3 fully saturated rings. The fraction of sp³-hybridized carbons (Fsp3) is 0.871. The largest absolute Gasteiger partial charge is 0.472 e. The highest BCUT2D eigenvalue weighted by atomic mass is 31.2. The first kappa shape index (κ1) is 86.4. The minimum absolute atomic E-state index is 0.00459. The number of aliphatic hydroxyl groups is 10. The van der Waals surface area contributed by atoms with Crippen LogP contribution in [-0.4, -0.2) is 204 Å². The molecule has 25 heteroatoms. The van der Waals surface area contributed by atoms with E-state index in [9.17, 15) is 74.9 Å². The average molecular weight is 1380 g/mol. The van der Waals surface area contributed by atoms with Gasteiger partial charge in [-0.25, -0.2) is 9.36 Å². The number of hydrogen-bond donors (Lipinski definition) is 11. The lowest BCUT2D eigenvalue weighted by atomic mass is 9.84. The van der Waals surface area contributed by atoms with Crippen molar-refractivity contribution in [3.8, 4) is 0 Å². The summed E-state index contributed by atoms with van der Waals surface area (Å²) in [5, 5.41) is 110. The lowest BCUT2D eigenvalue weighted by Gasteiger charge is -2.49. The quantitative estimate of drug-likeness (QED) is 0.00514. The molecule has 0 amide bonds. The van der Waals surface area contributed by atoms with Crippen LogP contribution in [0.25, 0.3) is 0 Å². The molecule has 95 heavy (non-hydrogen) atoms. The average Bonchev–Trinajstić information content (AvgIpc) is 0.765. The van der Waals surface area contributed by atoms with Gasteiger partial charge in [-0.2, -0.15) is 0 Å². The van der Waals surface area contributed by atoms with Gasteiger partial charge < -0.3 is 89.1 Å². The van der Waals surface area contributed by atoms with Crippen LogP contribution in [0.2, 0.25) is 0 Å². The summed E-state index contributed by atoms with van der Waals surface area (Å²) in [6.07, 6.45) is 13.1. The van der Waals surface area contributed by atoms with Crippen LogP contribution in [-0.2, 0) is 61.2 Å². The van der Waals surface area contributed by atoms with E-state index in [1.54, 1.807) is 6.08 Å². The van der Waals surface area contributed by atoms with Crippen LogP contribution in [0.3, 0.4) is 0 Å². The molecule has 24 nitrogen and oxygen atoms in total. The number of carbonyl (C=O) groups is 3. The van der Waals surface area contributed by atoms with E-state index in [4.69, 9.17) is 42.2 Å². The molecule has 0 spiro atoms. The van der Waals surface area contributed by atoms with E-state index in [0.717, 1.165) is 96.0 Å². The second kappa shape index (κ2) is 52.2. The third-order valence-electron chi connectivity index (χ3n) is 17.8. The molecule has 2 aliphatic heterocycles. The van der Waals surface area contributed by atoms with Gasteiger partial charge in [-0.3, -0.25) is 18.6 Å². The summed E-state index contributed by atoms with van der Waals surface area (Å²) in [4.78, 5) is 50.7. The molecular formula is C70H125O24P. The summed E-state index contributed by atoms with van der Waals surface area (Å²) in [7, 11) is -5.72. The molecule has 1 saturated carbocycles. The second-order valence-corrected chi connectivity index (χ2v) is 27.4. The highest BCUT2D eigenvalue weighted by molar-refractivity contribution is 7.47. The molecule has 554 valence electrons. The van der Waals surface area contributed by atoms with Crippen LogP contribution in [0.4, 0.5) is 0 Å². The monoisotopic (exact) mass is 1380 g/mol. The lowest BCUT2D eigenvalue weighted by molar-refractivity contribution is -0.360. The zero-order chi connectivity index (χ0) is 69.6. The predicted octanol–water partition coefficient (Wildman–Crippen LogP) is 9.12. The number of rotatable bonds is 55. The first-order chi connectivity index (χ1) is 45.8. The number of carbonyl (C=O) groups excluding carboxylic acids is 3. The van der Waals surface area contributed by atoms with Crippen LogP contribution >= 0.6 is 7.82 Å². The van der Waals surface area contributed by atoms with Gasteiger partial charge in [0.05, 0.1) is 13.2 Å². The number of phosphoric acid groups is 1. The van der Waals surface area contributed by atoms with Crippen molar-refractivity contribution in [1.29, 1.82) is 0 Å². The maximum Gasteiger partial charge on any atom is 0.472 e. The smallest absolute Gasteiger partial charge is 0.463 e. The van der Waals surface area contributed by atoms with E-state index in [-0.39, 0.29) is 12.8 Å². The Balaban J connectivity index is 1.78. The van der Waals surface area contributed by atoms with Gasteiger partial charge in [0.1, 0.15) is 98.7 Å². The number of hydrogen-bond acceptors (Lipinski definition) is 23. The third-order valence-corrected chi connectivity index (χ3v) is 18.7. The van der Waals surface area contributed by atoms with Crippen molar-refractivity contribution in [3.63, 3.8) is 0 Å². The fourth-order valence-corrected chi connectivity index (χ4v) is 12.7. The summed E-state index contributed by atoms with van der Waals surface area (Å²) in [6, 6.07) is 0. The molecule has 1 aliphatic carbocycles. The first-order valence-corrected chi connectivity index (χ1v) is 37.8. The summed E-state index contributed by atoms with van der Waals surface area (Å²) < 4.78 is 64.6. The van der Waals surface area contributed by atoms with Crippen molar-refractivity contribution in [2.45, 2.75) is 362 Å². The molecule has 3 rings (SSSR count). The molecule has 18 unspecified atom stereocenters. The Morgan fingerprint density at radius 2 is 0.811 bits per heavy atom. The molecule has 11 N–H and O–H groups in total. The van der Waals surface area contributed by atoms with Gasteiger partial charge in [-0.1, -0.05) is 225 Å². The Bertz CT molecular complexity index is 2120. The number of ether oxygens (including phenoxy) is 7. The van der Waals surface area contributed by atoms with Crippen LogP contribution < -0.4 is 0 Å². The molecule has 0 aromatic carbocycles. The maximum atomic E-state index is 14.3. The molecule has 0 aromatic heterocycles. The van der Waals surface area contributed by atoms with Gasteiger partial charge in [0.25, 0.3) is 0 Å². The predicted molar refractivity (Wildman–Crippen MR) is 356 cm³/mol. The molecular weight excluding hydrogens is 1260 g/mol. The van der Waals surface area contributed by atoms with E-state index in [0.29, 0.717) is 12.8 Å². The third kappa shape index (κ3) is 35.9. The van der Waals surface area contributed by atoms with Crippen LogP contribution in [0.5, 0.6) is 0 Å². The highest BCUT2D eigenvalue weighted by Gasteiger charge is 2.58. The van der Waals surface area contributed by atoms with Gasteiger partial charge >= 0.3 is 25.7 Å². The second-order valence-electron chi connectivity index (χ2n) is 26.0. The van der Waals surface area contributed by atoms with Crippen LogP contribution in [0.1, 0.15) is 258 Å². The molecule has 2 heterocycles. The summed E-state index contributed by atoms with van der Waals surface area (Å²) >= 11 is 0. The van der Waals surface area contributed by atoms with Crippen molar-refractivity contribution in [2.75, 3.05) is 26.4 Å². The van der Waals surface area contributed by atoms with E-state index >= 15 is 0 Å². The van der Waals surface area contributed by atoms with Crippen LogP contribution in [0, 0.1) is 0 Å². The van der Waals surface area contributed by atoms with Crippen LogP contribution in [0.15, 0.2) is 36.5 Å². The minimum atomic E-state index is -5.72. The summed E-state index contributed by atoms with van der Waals surface area (Å²) in [5.74, 6) is -2.27. The van der Waals surface area contributed by atoms with Gasteiger partial charge in [0.2, 0.25) is 0 Å². The molecule has 18 atom stereocenters. The molecule has 2 saturated heterocycles. The Hall–Kier alpha value is -2.82. The number of aliphatic hydroxyl groups excluding tert-OH is 10. The van der Waals surface area contributed by atoms with E-state index in [1.807, 2.05) is 6.08 Å². The first-order valence-electron chi connectivity index (χ1n) is 36.3. The summed E-state index contributed by atoms with van der Waals surface area (Å²) in [5.41, 5.74) is 0. The normalized spacial score (nSPS) is 28.3. The van der Waals surface area contributed by atoms with Crippen molar-refractivity contribution in [2.24, 2.45) is 0 Å². The Morgan fingerprint density at radius 3 is 1.26 bits per heavy atom. The molecule has 0 radical (unpaired) electrons. The zero-order valence-electron chi connectivity index (χ0n) is 57.4. The van der Waals surface area contributed by atoms with E-state index in [2.05, 4.69) is 32.9 Å². The van der Waals surface area contributed by atoms with Gasteiger partial charge in [0.15, 0.2) is 18.7 Å². The molecule has 0 aromatic rings. The minimum Gasteiger partial charge on any atom is -0.463 e. The number of phosphoric ester groups is 1. The van der Waals surface area contributed by atoms with Gasteiger partial charge in [0, 0.05) is 18.9 Å². The fourth-order valence-electron chi connectivity index (χ4n) is 11.8. The molecule has 3 aliphatic rings. The lowest BCUT2D eigenvalue weighted by Crippen LogP contribution is -2.69. The molecule has 0 bridgehead atoms. The SMILES string of the molecule is CCCCCCCC/C=C\CCCCCC(=O)OCC(COP(=O)(O)OC1C(OC2OC(CO)C(O)C(O)C2O)C(O)C(O)C(O)C1OC1OC(COC(=O)CCCCCCCCCCCCCC)C(O)C(O)C1O)OC(=O)/C=C/C=C/CCCCCCCCCCCCC.